The molecule has 0 bridgehead atoms. The van der Waals surface area contributed by atoms with Gasteiger partial charge in [0.1, 0.15) is 5.03 Å². The van der Waals surface area contributed by atoms with Crippen molar-refractivity contribution in [2.75, 3.05) is 0 Å². The van der Waals surface area contributed by atoms with Gasteiger partial charge >= 0.3 is 5.97 Å². The Bertz CT molecular complexity index is 504. The maximum Gasteiger partial charge on any atom is 0.356 e. The highest BCUT2D eigenvalue weighted by molar-refractivity contribution is 7.99. The van der Waals surface area contributed by atoms with Gasteiger partial charge in [0, 0.05) is 17.3 Å². The van der Waals surface area contributed by atoms with Gasteiger partial charge in [0.25, 0.3) is 0 Å². The fourth-order valence-electron chi connectivity index (χ4n) is 1.03. The van der Waals surface area contributed by atoms with Crippen LogP contribution in [0.25, 0.3) is 0 Å². The van der Waals surface area contributed by atoms with Gasteiger partial charge in [0.05, 0.1) is 12.4 Å². The molecule has 0 aliphatic heterocycles. The normalized spacial score (nSPS) is 10.0. The van der Waals surface area contributed by atoms with Crippen LogP contribution in [0.3, 0.4) is 0 Å². The lowest BCUT2D eigenvalue weighted by Crippen LogP contribution is -2.01. The third kappa shape index (κ3) is 2.54. The Balaban J connectivity index is 2.22. The maximum atomic E-state index is 10.7. The zero-order valence-corrected chi connectivity index (χ0v) is 8.89. The number of carboxylic acid groups (broad SMARTS) is 1. The Morgan fingerprint density at radius 2 is 1.94 bits per heavy atom. The van der Waals surface area contributed by atoms with Gasteiger partial charge in [-0.3, -0.25) is 9.97 Å². The molecule has 16 heavy (non-hydrogen) atoms. The van der Waals surface area contributed by atoms with Gasteiger partial charge in [0.2, 0.25) is 0 Å². The molecule has 2 aromatic heterocycles. The topological polar surface area (TPSA) is 76.0 Å². The molecule has 2 heterocycles. The molecule has 0 aliphatic rings. The first kappa shape index (κ1) is 10.6. The highest BCUT2D eigenvalue weighted by atomic mass is 32.2. The van der Waals surface area contributed by atoms with E-state index in [-0.39, 0.29) is 5.69 Å². The van der Waals surface area contributed by atoms with Crippen molar-refractivity contribution in [3.05, 3.63) is 42.6 Å². The molecule has 1 N–H and O–H groups in total. The van der Waals surface area contributed by atoms with Crippen LogP contribution < -0.4 is 0 Å². The second-order valence-electron chi connectivity index (χ2n) is 2.83. The molecule has 80 valence electrons. The van der Waals surface area contributed by atoms with Crippen molar-refractivity contribution in [2.24, 2.45) is 0 Å². The standard InChI is InChI=1S/C10H7N3O2S/c14-10(15)8-5-12-6-9(13-8)16-7-1-3-11-4-2-7/h1-6H,(H,14,15). The van der Waals surface area contributed by atoms with Gasteiger partial charge in [-0.15, -0.1) is 0 Å². The number of aromatic carboxylic acids is 1. The summed E-state index contributed by atoms with van der Waals surface area (Å²) in [7, 11) is 0. The van der Waals surface area contributed by atoms with Crippen molar-refractivity contribution >= 4 is 17.7 Å². The summed E-state index contributed by atoms with van der Waals surface area (Å²) in [5, 5.41) is 9.30. The van der Waals surface area contributed by atoms with E-state index in [1.165, 1.54) is 24.2 Å². The predicted octanol–water partition coefficient (Wildman–Crippen LogP) is 1.72. The number of hydrogen-bond acceptors (Lipinski definition) is 5. The van der Waals surface area contributed by atoms with E-state index in [4.69, 9.17) is 5.11 Å². The fourth-order valence-corrected chi connectivity index (χ4v) is 1.78. The summed E-state index contributed by atoms with van der Waals surface area (Å²) < 4.78 is 0. The van der Waals surface area contributed by atoms with Crippen LogP contribution in [0.15, 0.2) is 46.8 Å². The molecule has 0 spiro atoms. The van der Waals surface area contributed by atoms with Gasteiger partial charge in [0.15, 0.2) is 5.69 Å². The van der Waals surface area contributed by atoms with Crippen molar-refractivity contribution in [3.63, 3.8) is 0 Å². The number of pyridine rings is 1. The molecular formula is C10H7N3O2S. The lowest BCUT2D eigenvalue weighted by molar-refractivity contribution is 0.0689. The van der Waals surface area contributed by atoms with Crippen molar-refractivity contribution in [1.29, 1.82) is 0 Å². The zero-order valence-electron chi connectivity index (χ0n) is 8.07. The van der Waals surface area contributed by atoms with Crippen LogP contribution in [0.4, 0.5) is 0 Å². The number of carbonyl (C=O) groups is 1. The molecule has 0 fully saturated rings. The Kier molecular flexibility index (Phi) is 3.11. The first-order chi connectivity index (χ1) is 7.75. The average molecular weight is 233 g/mol. The average Bonchev–Trinajstić information content (AvgIpc) is 2.30. The molecular weight excluding hydrogens is 226 g/mol. The van der Waals surface area contributed by atoms with E-state index >= 15 is 0 Å². The quantitative estimate of drug-likeness (QED) is 0.869. The lowest BCUT2D eigenvalue weighted by atomic mass is 10.5. The number of carboxylic acids is 1. The molecule has 2 aromatic rings. The molecule has 0 amide bonds. The minimum absolute atomic E-state index is 0.0564. The van der Waals surface area contributed by atoms with Gasteiger partial charge < -0.3 is 5.11 Å². The summed E-state index contributed by atoms with van der Waals surface area (Å²) in [5.74, 6) is -1.08. The van der Waals surface area contributed by atoms with E-state index in [0.29, 0.717) is 5.03 Å². The molecule has 0 aromatic carbocycles. The number of hydrogen-bond donors (Lipinski definition) is 1. The van der Waals surface area contributed by atoms with Gasteiger partial charge in [-0.05, 0) is 12.1 Å². The third-order valence-electron chi connectivity index (χ3n) is 1.70. The Hall–Kier alpha value is -1.95. The Morgan fingerprint density at radius 1 is 1.19 bits per heavy atom. The zero-order chi connectivity index (χ0) is 11.4. The van der Waals surface area contributed by atoms with Crippen molar-refractivity contribution in [2.45, 2.75) is 9.92 Å². The van der Waals surface area contributed by atoms with Crippen molar-refractivity contribution in [1.82, 2.24) is 15.0 Å². The van der Waals surface area contributed by atoms with Crippen molar-refractivity contribution < 1.29 is 9.90 Å². The monoisotopic (exact) mass is 233 g/mol. The van der Waals surface area contributed by atoms with Gasteiger partial charge in [-0.2, -0.15) is 0 Å². The molecule has 2 rings (SSSR count). The molecule has 0 saturated heterocycles. The number of rotatable bonds is 3. The molecule has 0 saturated carbocycles. The smallest absolute Gasteiger partial charge is 0.356 e. The Morgan fingerprint density at radius 3 is 2.62 bits per heavy atom. The SMILES string of the molecule is O=C(O)c1cncc(Sc2ccncc2)n1. The third-order valence-corrected chi connectivity index (χ3v) is 2.62. The summed E-state index contributed by atoms with van der Waals surface area (Å²) in [5.41, 5.74) is -0.0564. The van der Waals surface area contributed by atoms with Crippen LogP contribution in [-0.4, -0.2) is 26.0 Å². The molecule has 0 atom stereocenters. The van der Waals surface area contributed by atoms with E-state index in [2.05, 4.69) is 15.0 Å². The van der Waals surface area contributed by atoms with E-state index in [1.54, 1.807) is 12.4 Å². The number of aromatic nitrogens is 3. The second-order valence-corrected chi connectivity index (χ2v) is 3.93. The summed E-state index contributed by atoms with van der Waals surface area (Å²) >= 11 is 1.34. The fraction of sp³-hybridized carbons (Fsp3) is 0. The molecule has 6 heteroatoms. The lowest BCUT2D eigenvalue weighted by Gasteiger charge is -2.00. The maximum absolute atomic E-state index is 10.7. The van der Waals surface area contributed by atoms with Crippen LogP contribution in [0.5, 0.6) is 0 Å². The summed E-state index contributed by atoms with van der Waals surface area (Å²) in [6.07, 6.45) is 6.07. The van der Waals surface area contributed by atoms with E-state index in [9.17, 15) is 4.79 Å². The van der Waals surface area contributed by atoms with Crippen LogP contribution in [0.1, 0.15) is 10.5 Å². The van der Waals surface area contributed by atoms with E-state index in [0.717, 1.165) is 4.90 Å². The van der Waals surface area contributed by atoms with E-state index < -0.39 is 5.97 Å². The predicted molar refractivity (Wildman–Crippen MR) is 57.4 cm³/mol. The summed E-state index contributed by atoms with van der Waals surface area (Å²) in [4.78, 5) is 23.3. The van der Waals surface area contributed by atoms with E-state index in [1.807, 2.05) is 12.1 Å². The molecule has 0 aliphatic carbocycles. The van der Waals surface area contributed by atoms with Crippen molar-refractivity contribution in [3.8, 4) is 0 Å². The largest absolute Gasteiger partial charge is 0.476 e. The highest BCUT2D eigenvalue weighted by Gasteiger charge is 2.06. The minimum atomic E-state index is -1.08. The first-order valence-electron chi connectivity index (χ1n) is 4.39. The molecule has 5 nitrogen and oxygen atoms in total. The molecule has 0 unspecified atom stereocenters. The summed E-state index contributed by atoms with van der Waals surface area (Å²) in [6.45, 7) is 0. The van der Waals surface area contributed by atoms with Gasteiger partial charge in [-0.1, -0.05) is 11.8 Å². The minimum Gasteiger partial charge on any atom is -0.476 e. The number of nitrogens with zero attached hydrogens (tertiary/aromatic N) is 3. The highest BCUT2D eigenvalue weighted by Crippen LogP contribution is 2.24. The van der Waals surface area contributed by atoms with Crippen LogP contribution in [0, 0.1) is 0 Å². The van der Waals surface area contributed by atoms with Crippen LogP contribution in [0.2, 0.25) is 0 Å². The van der Waals surface area contributed by atoms with Crippen LogP contribution >= 0.6 is 11.8 Å². The second kappa shape index (κ2) is 4.71. The molecule has 0 radical (unpaired) electrons. The van der Waals surface area contributed by atoms with Gasteiger partial charge in [-0.25, -0.2) is 9.78 Å². The van der Waals surface area contributed by atoms with Crippen LogP contribution in [-0.2, 0) is 0 Å². The first-order valence-corrected chi connectivity index (χ1v) is 5.20. The Labute approximate surface area is 95.6 Å². The summed E-state index contributed by atoms with van der Waals surface area (Å²) in [6, 6.07) is 3.64.